The summed E-state index contributed by atoms with van der Waals surface area (Å²) in [6.45, 7) is 3.18. The number of rotatable bonds is 7. The number of hydrogen-bond donors (Lipinski definition) is 2. The first-order valence-corrected chi connectivity index (χ1v) is 8.20. The first kappa shape index (κ1) is 15.3. The maximum Gasteiger partial charge on any atom is 0.244 e. The largest absolute Gasteiger partial charge is 0.495 e. The molecule has 20 heavy (non-hydrogen) atoms. The highest BCUT2D eigenvalue weighted by atomic mass is 32.2. The highest BCUT2D eigenvalue weighted by Gasteiger charge is 2.38. The van der Waals surface area contributed by atoms with Crippen LogP contribution in [0.3, 0.4) is 0 Å². The van der Waals surface area contributed by atoms with Crippen molar-refractivity contribution in [2.24, 2.45) is 5.41 Å². The van der Waals surface area contributed by atoms with Crippen molar-refractivity contribution in [3.63, 3.8) is 0 Å². The minimum absolute atomic E-state index is 0.128. The van der Waals surface area contributed by atoms with E-state index in [1.165, 1.54) is 7.11 Å². The van der Waals surface area contributed by atoms with Crippen molar-refractivity contribution in [2.75, 3.05) is 20.7 Å². The number of sulfonamides is 1. The van der Waals surface area contributed by atoms with Crippen molar-refractivity contribution in [2.45, 2.75) is 31.2 Å². The van der Waals surface area contributed by atoms with Crippen molar-refractivity contribution in [3.8, 4) is 5.75 Å². The molecule has 0 unspecified atom stereocenters. The summed E-state index contributed by atoms with van der Waals surface area (Å²) in [7, 11) is -0.235. The van der Waals surface area contributed by atoms with Crippen LogP contribution in [0.2, 0.25) is 0 Å². The highest BCUT2D eigenvalue weighted by molar-refractivity contribution is 7.89. The molecule has 0 aromatic heterocycles. The normalized spacial score (nSPS) is 16.9. The first-order chi connectivity index (χ1) is 9.40. The topological polar surface area (TPSA) is 67.4 Å². The zero-order chi connectivity index (χ0) is 14.8. The number of nitrogens with one attached hydrogen (secondary N) is 2. The van der Waals surface area contributed by atoms with E-state index >= 15 is 0 Å². The molecule has 0 atom stereocenters. The van der Waals surface area contributed by atoms with Gasteiger partial charge in [-0.2, -0.15) is 0 Å². The third kappa shape index (κ3) is 3.50. The summed E-state index contributed by atoms with van der Waals surface area (Å²) in [4.78, 5) is 0.206. The van der Waals surface area contributed by atoms with E-state index in [-0.39, 0.29) is 10.3 Å². The van der Waals surface area contributed by atoms with Gasteiger partial charge in [-0.1, -0.05) is 13.0 Å². The summed E-state index contributed by atoms with van der Waals surface area (Å²) >= 11 is 0. The minimum Gasteiger partial charge on any atom is -0.495 e. The second kappa shape index (κ2) is 5.71. The molecule has 0 spiro atoms. The van der Waals surface area contributed by atoms with Gasteiger partial charge in [0.1, 0.15) is 10.6 Å². The maximum absolute atomic E-state index is 12.4. The summed E-state index contributed by atoms with van der Waals surface area (Å²) in [5, 5.41) is 3.01. The number of benzene rings is 1. The lowest BCUT2D eigenvalue weighted by molar-refractivity contribution is 0.401. The van der Waals surface area contributed by atoms with Crippen molar-refractivity contribution < 1.29 is 13.2 Å². The lowest BCUT2D eigenvalue weighted by Gasteiger charge is -2.14. The van der Waals surface area contributed by atoms with Gasteiger partial charge in [0.25, 0.3) is 0 Å². The molecule has 0 bridgehead atoms. The van der Waals surface area contributed by atoms with Crippen LogP contribution in [-0.4, -0.2) is 29.1 Å². The van der Waals surface area contributed by atoms with Gasteiger partial charge >= 0.3 is 0 Å². The fourth-order valence-electron chi connectivity index (χ4n) is 1.98. The Labute approximate surface area is 120 Å². The van der Waals surface area contributed by atoms with E-state index in [0.717, 1.165) is 18.4 Å². The molecule has 1 aromatic carbocycles. The predicted octanol–water partition coefficient (Wildman–Crippen LogP) is 1.49. The Hall–Kier alpha value is -1.11. The van der Waals surface area contributed by atoms with Crippen LogP contribution >= 0.6 is 0 Å². The monoisotopic (exact) mass is 298 g/mol. The second-order valence-electron chi connectivity index (χ2n) is 5.65. The number of hydrogen-bond acceptors (Lipinski definition) is 4. The van der Waals surface area contributed by atoms with Gasteiger partial charge in [-0.25, -0.2) is 13.1 Å². The molecule has 0 heterocycles. The summed E-state index contributed by atoms with van der Waals surface area (Å²) in [5.74, 6) is 0.373. The third-order valence-corrected chi connectivity index (χ3v) is 5.11. The average Bonchev–Trinajstić information content (AvgIpc) is 3.16. The number of methoxy groups -OCH3 is 1. The van der Waals surface area contributed by atoms with Crippen LogP contribution in [0, 0.1) is 5.41 Å². The van der Waals surface area contributed by atoms with Crippen LogP contribution in [0.4, 0.5) is 0 Å². The Kier molecular flexibility index (Phi) is 4.36. The molecule has 112 valence electrons. The van der Waals surface area contributed by atoms with Crippen LogP contribution < -0.4 is 14.8 Å². The van der Waals surface area contributed by atoms with E-state index in [0.29, 0.717) is 18.8 Å². The van der Waals surface area contributed by atoms with Crippen LogP contribution in [-0.2, 0) is 16.6 Å². The maximum atomic E-state index is 12.4. The van der Waals surface area contributed by atoms with Crippen molar-refractivity contribution >= 4 is 10.0 Å². The van der Waals surface area contributed by atoms with Crippen molar-refractivity contribution in [1.29, 1.82) is 0 Å². The van der Waals surface area contributed by atoms with E-state index in [9.17, 15) is 8.42 Å². The molecule has 0 aliphatic heterocycles. The molecule has 1 aliphatic carbocycles. The van der Waals surface area contributed by atoms with Gasteiger partial charge < -0.3 is 10.1 Å². The Bertz CT molecular complexity index is 580. The lowest BCUT2D eigenvalue weighted by Crippen LogP contribution is -2.29. The zero-order valence-electron chi connectivity index (χ0n) is 12.2. The molecule has 1 aliphatic rings. The van der Waals surface area contributed by atoms with Gasteiger partial charge in [0, 0.05) is 13.1 Å². The molecule has 2 rings (SSSR count). The minimum atomic E-state index is -3.54. The van der Waals surface area contributed by atoms with E-state index in [1.54, 1.807) is 12.1 Å². The van der Waals surface area contributed by atoms with Gasteiger partial charge in [-0.05, 0) is 43.0 Å². The first-order valence-electron chi connectivity index (χ1n) is 6.71. The molecule has 0 saturated heterocycles. The SMILES string of the molecule is CNCc1ccc(OC)c(S(=O)(=O)NCC2(C)CC2)c1. The smallest absolute Gasteiger partial charge is 0.244 e. The third-order valence-electron chi connectivity index (χ3n) is 3.69. The summed E-state index contributed by atoms with van der Waals surface area (Å²) < 4.78 is 32.7. The van der Waals surface area contributed by atoms with Crippen LogP contribution in [0.5, 0.6) is 5.75 Å². The Morgan fingerprint density at radius 2 is 2.05 bits per heavy atom. The van der Waals surface area contributed by atoms with Crippen molar-refractivity contribution in [1.82, 2.24) is 10.0 Å². The fourth-order valence-corrected chi connectivity index (χ4v) is 3.40. The molecule has 1 fully saturated rings. The van der Waals surface area contributed by atoms with E-state index < -0.39 is 10.0 Å². The molecule has 2 N–H and O–H groups in total. The van der Waals surface area contributed by atoms with Crippen LogP contribution in [0.1, 0.15) is 25.3 Å². The Morgan fingerprint density at radius 1 is 1.35 bits per heavy atom. The summed E-state index contributed by atoms with van der Waals surface area (Å²) in [6, 6.07) is 5.21. The molecule has 5 nitrogen and oxygen atoms in total. The zero-order valence-corrected chi connectivity index (χ0v) is 13.0. The predicted molar refractivity (Wildman–Crippen MR) is 78.3 cm³/mol. The molecular formula is C14H22N2O3S. The van der Waals surface area contributed by atoms with Gasteiger partial charge in [0.05, 0.1) is 7.11 Å². The van der Waals surface area contributed by atoms with E-state index in [1.807, 2.05) is 13.1 Å². The van der Waals surface area contributed by atoms with E-state index in [2.05, 4.69) is 17.0 Å². The van der Waals surface area contributed by atoms with Gasteiger partial charge in [-0.15, -0.1) is 0 Å². The highest BCUT2D eigenvalue weighted by Crippen LogP contribution is 2.44. The van der Waals surface area contributed by atoms with E-state index in [4.69, 9.17) is 4.74 Å². The lowest BCUT2D eigenvalue weighted by atomic mass is 10.2. The summed E-state index contributed by atoms with van der Waals surface area (Å²) in [6.07, 6.45) is 2.15. The fraction of sp³-hybridized carbons (Fsp3) is 0.571. The summed E-state index contributed by atoms with van der Waals surface area (Å²) in [5.41, 5.74) is 1.04. The van der Waals surface area contributed by atoms with Gasteiger partial charge in [0.15, 0.2) is 0 Å². The second-order valence-corrected chi connectivity index (χ2v) is 7.39. The van der Waals surface area contributed by atoms with Gasteiger partial charge in [-0.3, -0.25) is 0 Å². The molecular weight excluding hydrogens is 276 g/mol. The van der Waals surface area contributed by atoms with Crippen LogP contribution in [0.25, 0.3) is 0 Å². The Morgan fingerprint density at radius 3 is 2.60 bits per heavy atom. The molecule has 1 aromatic rings. The van der Waals surface area contributed by atoms with Gasteiger partial charge in [0.2, 0.25) is 10.0 Å². The average molecular weight is 298 g/mol. The quantitative estimate of drug-likeness (QED) is 0.800. The Balaban J connectivity index is 2.25. The molecule has 0 amide bonds. The molecule has 0 radical (unpaired) electrons. The number of ether oxygens (including phenoxy) is 1. The molecule has 1 saturated carbocycles. The van der Waals surface area contributed by atoms with Crippen LogP contribution in [0.15, 0.2) is 23.1 Å². The standard InChI is InChI=1S/C14H22N2O3S/c1-14(6-7-14)10-16-20(17,18)13-8-11(9-15-2)4-5-12(13)19-3/h4-5,8,15-16H,6-7,9-10H2,1-3H3. The van der Waals surface area contributed by atoms with Crippen molar-refractivity contribution in [3.05, 3.63) is 23.8 Å². The molecule has 6 heteroatoms.